The second-order valence-electron chi connectivity index (χ2n) is 5.78. The van der Waals surface area contributed by atoms with Gasteiger partial charge in [-0.3, -0.25) is 4.90 Å². The summed E-state index contributed by atoms with van der Waals surface area (Å²) in [7, 11) is 2.30. The van der Waals surface area contributed by atoms with Crippen LogP contribution in [0.1, 0.15) is 37.3 Å². The van der Waals surface area contributed by atoms with Crippen molar-refractivity contribution in [2.75, 3.05) is 25.9 Å². The first kappa shape index (κ1) is 13.5. The largest absolute Gasteiger partial charge is 0.313 e. The fourth-order valence-electron chi connectivity index (χ4n) is 3.34. The van der Waals surface area contributed by atoms with Gasteiger partial charge >= 0.3 is 0 Å². The molecule has 1 aromatic carbocycles. The van der Waals surface area contributed by atoms with Crippen molar-refractivity contribution < 1.29 is 0 Å². The minimum Gasteiger partial charge on any atom is -0.313 e. The summed E-state index contributed by atoms with van der Waals surface area (Å²) in [4.78, 5) is 4.06. The number of rotatable bonds is 3. The van der Waals surface area contributed by atoms with Gasteiger partial charge in [0, 0.05) is 23.5 Å². The lowest BCUT2D eigenvalue weighted by molar-refractivity contribution is 0.196. The molecule has 0 radical (unpaired) electrons. The first-order valence-electron chi connectivity index (χ1n) is 7.50. The SMILES string of the molecule is CN(CC1CCCCN1)C1CCSc2ccccc21. The van der Waals surface area contributed by atoms with Gasteiger partial charge in [-0.25, -0.2) is 0 Å². The van der Waals surface area contributed by atoms with Gasteiger partial charge in [0.2, 0.25) is 0 Å². The highest BCUT2D eigenvalue weighted by Crippen LogP contribution is 2.38. The van der Waals surface area contributed by atoms with E-state index < -0.39 is 0 Å². The van der Waals surface area contributed by atoms with E-state index in [2.05, 4.69) is 41.5 Å². The molecule has 0 amide bonds. The van der Waals surface area contributed by atoms with Gasteiger partial charge < -0.3 is 5.32 Å². The summed E-state index contributed by atoms with van der Waals surface area (Å²) in [5.41, 5.74) is 1.54. The zero-order chi connectivity index (χ0) is 13.1. The lowest BCUT2D eigenvalue weighted by atomic mass is 10.00. The molecule has 0 saturated carbocycles. The van der Waals surface area contributed by atoms with Crippen molar-refractivity contribution in [3.05, 3.63) is 29.8 Å². The van der Waals surface area contributed by atoms with E-state index in [-0.39, 0.29) is 0 Å². The molecule has 0 aromatic heterocycles. The number of hydrogen-bond acceptors (Lipinski definition) is 3. The van der Waals surface area contributed by atoms with Crippen LogP contribution in [0.4, 0.5) is 0 Å². The molecule has 0 bridgehead atoms. The Balaban J connectivity index is 1.68. The average molecular weight is 276 g/mol. The second-order valence-corrected chi connectivity index (χ2v) is 6.91. The maximum Gasteiger partial charge on any atom is 0.0364 e. The Bertz CT molecular complexity index is 415. The van der Waals surface area contributed by atoms with E-state index in [0.717, 1.165) is 0 Å². The number of thioether (sulfide) groups is 1. The minimum absolute atomic E-state index is 0.612. The van der Waals surface area contributed by atoms with Crippen LogP contribution in [0.15, 0.2) is 29.2 Å². The molecule has 1 fully saturated rings. The normalized spacial score (nSPS) is 27.3. The van der Waals surface area contributed by atoms with E-state index in [0.29, 0.717) is 12.1 Å². The molecule has 0 spiro atoms. The van der Waals surface area contributed by atoms with Gasteiger partial charge in [-0.05, 0) is 50.2 Å². The number of hydrogen-bond donors (Lipinski definition) is 1. The van der Waals surface area contributed by atoms with Crippen LogP contribution in [0, 0.1) is 0 Å². The van der Waals surface area contributed by atoms with Gasteiger partial charge in [0.1, 0.15) is 0 Å². The van der Waals surface area contributed by atoms with E-state index in [1.54, 1.807) is 0 Å². The molecule has 3 rings (SSSR count). The van der Waals surface area contributed by atoms with E-state index in [9.17, 15) is 0 Å². The third-order valence-corrected chi connectivity index (χ3v) is 5.50. The van der Waals surface area contributed by atoms with Crippen LogP contribution in [0.2, 0.25) is 0 Å². The molecule has 2 unspecified atom stereocenters. The topological polar surface area (TPSA) is 15.3 Å². The van der Waals surface area contributed by atoms with Gasteiger partial charge in [-0.2, -0.15) is 0 Å². The van der Waals surface area contributed by atoms with Crippen LogP contribution in [-0.4, -0.2) is 36.8 Å². The molecule has 2 heterocycles. The fraction of sp³-hybridized carbons (Fsp3) is 0.625. The first-order chi connectivity index (χ1) is 9.34. The molecule has 1 N–H and O–H groups in total. The minimum atomic E-state index is 0.612. The second kappa shape index (κ2) is 6.29. The predicted molar refractivity (Wildman–Crippen MR) is 82.8 cm³/mol. The van der Waals surface area contributed by atoms with Crippen LogP contribution in [0.5, 0.6) is 0 Å². The van der Waals surface area contributed by atoms with Crippen LogP contribution >= 0.6 is 11.8 Å². The van der Waals surface area contributed by atoms with E-state index in [1.807, 2.05) is 11.8 Å². The fourth-order valence-corrected chi connectivity index (χ4v) is 4.44. The standard InChI is InChI=1S/C16H24N2S/c1-18(12-13-6-4-5-10-17-13)15-9-11-19-16-8-3-2-7-14(15)16/h2-3,7-8,13,15,17H,4-6,9-12H2,1H3. The molecule has 2 aliphatic heterocycles. The summed E-state index contributed by atoms with van der Waals surface area (Å²) in [6.45, 7) is 2.39. The monoisotopic (exact) mass is 276 g/mol. The third kappa shape index (κ3) is 3.15. The molecular weight excluding hydrogens is 252 g/mol. The van der Waals surface area contributed by atoms with Crippen molar-refractivity contribution in [3.63, 3.8) is 0 Å². The molecule has 2 aliphatic rings. The number of benzene rings is 1. The molecule has 1 saturated heterocycles. The zero-order valence-corrected chi connectivity index (χ0v) is 12.6. The summed E-state index contributed by atoms with van der Waals surface area (Å²) in [5, 5.41) is 3.67. The highest BCUT2D eigenvalue weighted by molar-refractivity contribution is 7.99. The summed E-state index contributed by atoms with van der Waals surface area (Å²) in [6.07, 6.45) is 5.37. The highest BCUT2D eigenvalue weighted by Gasteiger charge is 2.25. The van der Waals surface area contributed by atoms with Crippen molar-refractivity contribution in [2.45, 2.75) is 42.7 Å². The van der Waals surface area contributed by atoms with E-state index in [1.165, 1.54) is 55.0 Å². The lowest BCUT2D eigenvalue weighted by Crippen LogP contribution is -2.43. The van der Waals surface area contributed by atoms with Crippen molar-refractivity contribution in [1.82, 2.24) is 10.2 Å². The predicted octanol–water partition coefficient (Wildman–Crippen LogP) is 3.30. The Morgan fingerprint density at radius 2 is 2.16 bits per heavy atom. The maximum atomic E-state index is 3.67. The molecule has 2 nitrogen and oxygen atoms in total. The molecule has 19 heavy (non-hydrogen) atoms. The summed E-state index contributed by atoms with van der Waals surface area (Å²) in [6, 6.07) is 10.2. The molecule has 0 aliphatic carbocycles. The quantitative estimate of drug-likeness (QED) is 0.912. The first-order valence-corrected chi connectivity index (χ1v) is 8.48. The smallest absolute Gasteiger partial charge is 0.0364 e. The summed E-state index contributed by atoms with van der Waals surface area (Å²) < 4.78 is 0. The molecule has 1 aromatic rings. The Hall–Kier alpha value is -0.510. The van der Waals surface area contributed by atoms with Gasteiger partial charge in [-0.15, -0.1) is 11.8 Å². The Morgan fingerprint density at radius 1 is 1.26 bits per heavy atom. The Morgan fingerprint density at radius 3 is 3.00 bits per heavy atom. The lowest BCUT2D eigenvalue weighted by Gasteiger charge is -2.36. The summed E-state index contributed by atoms with van der Waals surface area (Å²) in [5.74, 6) is 1.25. The molecule has 104 valence electrons. The Labute approximate surface area is 121 Å². The molecule has 2 atom stereocenters. The molecular formula is C16H24N2S. The van der Waals surface area contributed by atoms with Gasteiger partial charge in [-0.1, -0.05) is 24.6 Å². The van der Waals surface area contributed by atoms with Gasteiger partial charge in [0.25, 0.3) is 0 Å². The number of fused-ring (bicyclic) bond motifs is 1. The number of piperidine rings is 1. The van der Waals surface area contributed by atoms with Crippen molar-refractivity contribution in [1.29, 1.82) is 0 Å². The van der Waals surface area contributed by atoms with Crippen LogP contribution < -0.4 is 5.32 Å². The number of likely N-dealkylation sites (N-methyl/N-ethyl adjacent to an activating group) is 1. The van der Waals surface area contributed by atoms with Crippen LogP contribution in [-0.2, 0) is 0 Å². The average Bonchev–Trinajstić information content (AvgIpc) is 2.47. The zero-order valence-electron chi connectivity index (χ0n) is 11.8. The highest BCUT2D eigenvalue weighted by atomic mass is 32.2. The van der Waals surface area contributed by atoms with Crippen LogP contribution in [0.25, 0.3) is 0 Å². The number of nitrogens with zero attached hydrogens (tertiary/aromatic N) is 1. The Kier molecular flexibility index (Phi) is 4.46. The van der Waals surface area contributed by atoms with Crippen molar-refractivity contribution in [3.8, 4) is 0 Å². The van der Waals surface area contributed by atoms with E-state index >= 15 is 0 Å². The van der Waals surface area contributed by atoms with Crippen LogP contribution in [0.3, 0.4) is 0 Å². The van der Waals surface area contributed by atoms with Gasteiger partial charge in [0.15, 0.2) is 0 Å². The maximum absolute atomic E-state index is 3.67. The molecule has 3 heteroatoms. The van der Waals surface area contributed by atoms with E-state index in [4.69, 9.17) is 0 Å². The van der Waals surface area contributed by atoms with Crippen molar-refractivity contribution >= 4 is 11.8 Å². The third-order valence-electron chi connectivity index (χ3n) is 4.38. The summed E-state index contributed by atoms with van der Waals surface area (Å²) >= 11 is 2.01. The van der Waals surface area contributed by atoms with Gasteiger partial charge in [0.05, 0.1) is 0 Å². The van der Waals surface area contributed by atoms with Crippen molar-refractivity contribution in [2.24, 2.45) is 0 Å². The number of nitrogens with one attached hydrogen (secondary N) is 1.